The van der Waals surface area contributed by atoms with E-state index in [1.165, 1.54) is 16.7 Å². The molecular formula is C15H19N3O. The summed E-state index contributed by atoms with van der Waals surface area (Å²) in [7, 11) is 1.72. The Labute approximate surface area is 113 Å². The summed E-state index contributed by atoms with van der Waals surface area (Å²) in [4.78, 5) is 0. The van der Waals surface area contributed by atoms with E-state index in [1.54, 1.807) is 7.11 Å². The number of aryl methyl sites for hydroxylation is 1. The lowest BCUT2D eigenvalue weighted by Gasteiger charge is -2.19. The van der Waals surface area contributed by atoms with Crippen LogP contribution < -0.4 is 10.1 Å². The maximum atomic E-state index is 5.32. The van der Waals surface area contributed by atoms with Crippen LogP contribution in [0.15, 0.2) is 30.6 Å². The zero-order valence-electron chi connectivity index (χ0n) is 11.3. The zero-order valence-corrected chi connectivity index (χ0v) is 11.3. The number of aromatic amines is 1. The minimum atomic E-state index is 0.293. The van der Waals surface area contributed by atoms with Crippen molar-refractivity contribution in [1.29, 1.82) is 0 Å². The van der Waals surface area contributed by atoms with Gasteiger partial charge in [-0.05, 0) is 43.0 Å². The molecule has 0 bridgehead atoms. The Morgan fingerprint density at radius 2 is 2.37 bits per heavy atom. The summed E-state index contributed by atoms with van der Waals surface area (Å²) in [6.07, 6.45) is 6.10. The van der Waals surface area contributed by atoms with E-state index < -0.39 is 0 Å². The number of ether oxygens (including phenoxy) is 1. The van der Waals surface area contributed by atoms with Crippen LogP contribution in [-0.4, -0.2) is 17.3 Å². The smallest absolute Gasteiger partial charge is 0.119 e. The van der Waals surface area contributed by atoms with Crippen molar-refractivity contribution < 1.29 is 4.74 Å². The SMILES string of the molecule is COc1ccc2c(c1)C(NC(C)c1cn[nH]c1)CC2. The first kappa shape index (κ1) is 12.2. The van der Waals surface area contributed by atoms with E-state index in [1.807, 2.05) is 18.5 Å². The molecule has 100 valence electrons. The number of aromatic nitrogens is 2. The van der Waals surface area contributed by atoms with Crippen LogP contribution in [0.3, 0.4) is 0 Å². The minimum absolute atomic E-state index is 0.293. The average Bonchev–Trinajstić information content (AvgIpc) is 3.08. The van der Waals surface area contributed by atoms with Gasteiger partial charge in [0.1, 0.15) is 5.75 Å². The Morgan fingerprint density at radius 3 is 3.11 bits per heavy atom. The second kappa shape index (κ2) is 5.05. The molecule has 1 aliphatic carbocycles. The zero-order chi connectivity index (χ0) is 13.2. The highest BCUT2D eigenvalue weighted by molar-refractivity contribution is 5.41. The van der Waals surface area contributed by atoms with E-state index >= 15 is 0 Å². The van der Waals surface area contributed by atoms with Gasteiger partial charge in [0.15, 0.2) is 0 Å². The molecule has 1 aliphatic rings. The summed E-state index contributed by atoms with van der Waals surface area (Å²) in [6, 6.07) is 7.07. The van der Waals surface area contributed by atoms with Crippen LogP contribution in [0.5, 0.6) is 5.75 Å². The molecule has 0 aliphatic heterocycles. The predicted molar refractivity (Wildman–Crippen MR) is 74.2 cm³/mol. The normalized spacial score (nSPS) is 19.2. The van der Waals surface area contributed by atoms with Crippen LogP contribution in [0.4, 0.5) is 0 Å². The molecule has 1 aromatic carbocycles. The number of benzene rings is 1. The van der Waals surface area contributed by atoms with Gasteiger partial charge in [-0.3, -0.25) is 5.10 Å². The summed E-state index contributed by atoms with van der Waals surface area (Å²) in [5.74, 6) is 0.934. The molecule has 1 heterocycles. The third-order valence-electron chi connectivity index (χ3n) is 3.90. The third kappa shape index (κ3) is 2.36. The standard InChI is InChI=1S/C15H19N3O/c1-10(12-8-16-17-9-12)18-15-6-4-11-3-5-13(19-2)7-14(11)15/h3,5,7-10,15,18H,4,6H2,1-2H3,(H,16,17). The van der Waals surface area contributed by atoms with Crippen molar-refractivity contribution in [2.75, 3.05) is 7.11 Å². The highest BCUT2D eigenvalue weighted by Crippen LogP contribution is 2.35. The average molecular weight is 257 g/mol. The molecule has 0 saturated heterocycles. The lowest BCUT2D eigenvalue weighted by Crippen LogP contribution is -2.22. The van der Waals surface area contributed by atoms with Gasteiger partial charge in [0.2, 0.25) is 0 Å². The van der Waals surface area contributed by atoms with Crippen molar-refractivity contribution in [2.24, 2.45) is 0 Å². The Morgan fingerprint density at radius 1 is 1.47 bits per heavy atom. The fraction of sp³-hybridized carbons (Fsp3) is 0.400. The molecule has 0 fully saturated rings. The fourth-order valence-corrected chi connectivity index (χ4v) is 2.78. The van der Waals surface area contributed by atoms with Gasteiger partial charge >= 0.3 is 0 Å². The summed E-state index contributed by atoms with van der Waals surface area (Å²) < 4.78 is 5.32. The number of hydrogen-bond donors (Lipinski definition) is 2. The van der Waals surface area contributed by atoms with Crippen molar-refractivity contribution in [3.63, 3.8) is 0 Å². The summed E-state index contributed by atoms with van der Waals surface area (Å²) >= 11 is 0. The number of methoxy groups -OCH3 is 1. The minimum Gasteiger partial charge on any atom is -0.497 e. The van der Waals surface area contributed by atoms with Gasteiger partial charge in [0.25, 0.3) is 0 Å². The van der Waals surface area contributed by atoms with Gasteiger partial charge in [-0.1, -0.05) is 6.07 Å². The van der Waals surface area contributed by atoms with E-state index in [-0.39, 0.29) is 0 Å². The molecule has 4 nitrogen and oxygen atoms in total. The maximum Gasteiger partial charge on any atom is 0.119 e. The molecule has 0 saturated carbocycles. The molecule has 0 amide bonds. The topological polar surface area (TPSA) is 49.9 Å². The molecule has 1 aromatic heterocycles. The summed E-state index contributed by atoms with van der Waals surface area (Å²) in [6.45, 7) is 2.17. The van der Waals surface area contributed by atoms with Crippen molar-refractivity contribution >= 4 is 0 Å². The van der Waals surface area contributed by atoms with Gasteiger partial charge in [0, 0.05) is 23.8 Å². The van der Waals surface area contributed by atoms with Crippen LogP contribution in [0.2, 0.25) is 0 Å². The molecule has 0 radical (unpaired) electrons. The summed E-state index contributed by atoms with van der Waals surface area (Å²) in [5.41, 5.74) is 3.99. The number of nitrogens with zero attached hydrogens (tertiary/aromatic N) is 1. The van der Waals surface area contributed by atoms with Crippen LogP contribution in [0, 0.1) is 0 Å². The molecule has 0 spiro atoms. The predicted octanol–water partition coefficient (Wildman–Crippen LogP) is 2.76. The van der Waals surface area contributed by atoms with Crippen LogP contribution in [-0.2, 0) is 6.42 Å². The van der Waals surface area contributed by atoms with E-state index in [4.69, 9.17) is 4.74 Å². The van der Waals surface area contributed by atoms with Crippen LogP contribution in [0.1, 0.15) is 42.1 Å². The second-order valence-electron chi connectivity index (χ2n) is 5.08. The molecule has 4 heteroatoms. The molecular weight excluding hydrogens is 238 g/mol. The number of nitrogens with one attached hydrogen (secondary N) is 2. The van der Waals surface area contributed by atoms with Crippen molar-refractivity contribution in [3.05, 3.63) is 47.3 Å². The van der Waals surface area contributed by atoms with Crippen molar-refractivity contribution in [1.82, 2.24) is 15.5 Å². The monoisotopic (exact) mass is 257 g/mol. The maximum absolute atomic E-state index is 5.32. The van der Waals surface area contributed by atoms with Crippen molar-refractivity contribution in [2.45, 2.75) is 31.8 Å². The number of fused-ring (bicyclic) bond motifs is 1. The van der Waals surface area contributed by atoms with E-state index in [0.29, 0.717) is 12.1 Å². The first-order valence-corrected chi connectivity index (χ1v) is 6.69. The Balaban J connectivity index is 1.78. The quantitative estimate of drug-likeness (QED) is 0.885. The molecule has 2 atom stereocenters. The largest absolute Gasteiger partial charge is 0.497 e. The Kier molecular flexibility index (Phi) is 3.25. The second-order valence-corrected chi connectivity index (χ2v) is 5.08. The fourth-order valence-electron chi connectivity index (χ4n) is 2.78. The lowest BCUT2D eigenvalue weighted by molar-refractivity contribution is 0.412. The number of rotatable bonds is 4. The van der Waals surface area contributed by atoms with Gasteiger partial charge in [-0.25, -0.2) is 0 Å². The molecule has 2 N–H and O–H groups in total. The number of H-pyrrole nitrogens is 1. The van der Waals surface area contributed by atoms with Crippen molar-refractivity contribution in [3.8, 4) is 5.75 Å². The van der Waals surface area contributed by atoms with E-state index in [9.17, 15) is 0 Å². The van der Waals surface area contributed by atoms with Gasteiger partial charge in [-0.2, -0.15) is 5.10 Å². The highest BCUT2D eigenvalue weighted by Gasteiger charge is 2.24. The molecule has 2 unspecified atom stereocenters. The Bertz CT molecular complexity index is 551. The van der Waals surface area contributed by atoms with Crippen LogP contribution >= 0.6 is 0 Å². The molecule has 3 rings (SSSR count). The first-order valence-electron chi connectivity index (χ1n) is 6.69. The molecule has 2 aromatic rings. The van der Waals surface area contributed by atoms with E-state index in [0.717, 1.165) is 18.6 Å². The Hall–Kier alpha value is -1.81. The lowest BCUT2D eigenvalue weighted by atomic mass is 10.1. The first-order chi connectivity index (χ1) is 9.28. The third-order valence-corrected chi connectivity index (χ3v) is 3.90. The number of hydrogen-bond acceptors (Lipinski definition) is 3. The van der Waals surface area contributed by atoms with Gasteiger partial charge in [0.05, 0.1) is 13.3 Å². The van der Waals surface area contributed by atoms with Gasteiger partial charge in [-0.15, -0.1) is 0 Å². The summed E-state index contributed by atoms with van der Waals surface area (Å²) in [5, 5.41) is 10.5. The van der Waals surface area contributed by atoms with Crippen LogP contribution in [0.25, 0.3) is 0 Å². The van der Waals surface area contributed by atoms with E-state index in [2.05, 4.69) is 34.6 Å². The molecule has 19 heavy (non-hydrogen) atoms. The van der Waals surface area contributed by atoms with Gasteiger partial charge < -0.3 is 10.1 Å². The highest BCUT2D eigenvalue weighted by atomic mass is 16.5.